The summed E-state index contributed by atoms with van der Waals surface area (Å²) in [6.07, 6.45) is 0.802. The average Bonchev–Trinajstić information content (AvgIpc) is 2.41. The third-order valence-corrected chi connectivity index (χ3v) is 3.22. The van der Waals surface area contributed by atoms with Gasteiger partial charge in [-0.05, 0) is 13.3 Å². The lowest BCUT2D eigenvalue weighted by Gasteiger charge is -2.34. The maximum Gasteiger partial charge on any atom is 0.242 e. The molecule has 0 bridgehead atoms. The molecule has 0 spiro atoms. The maximum atomic E-state index is 13.9. The first-order chi connectivity index (χ1) is 9.54. The second-order valence-electron chi connectivity index (χ2n) is 4.71. The highest BCUT2D eigenvalue weighted by atomic mass is 19.1. The molecule has 0 saturated carbocycles. The summed E-state index contributed by atoms with van der Waals surface area (Å²) in [5.41, 5.74) is 0. The zero-order chi connectivity index (χ0) is 14.7. The Bertz CT molecular complexity index is 509. The molecule has 1 fully saturated rings. The summed E-state index contributed by atoms with van der Waals surface area (Å²) in [5, 5.41) is 5.51. The zero-order valence-electron chi connectivity index (χ0n) is 11.5. The van der Waals surface area contributed by atoms with Gasteiger partial charge in [0.15, 0.2) is 23.3 Å². The second kappa shape index (κ2) is 6.02. The molecule has 1 saturated heterocycles. The summed E-state index contributed by atoms with van der Waals surface area (Å²) in [7, 11) is 0. The standard InChI is InChI=1S/C13H18F2N4O/c1-3-4-16-11-9(14)7-10(15)12(18-11)19-6-5-17-13(20)8(19)2/h7-8H,3-6H2,1-2H3,(H,16,18)(H,17,20). The highest BCUT2D eigenvalue weighted by Crippen LogP contribution is 2.24. The number of carbonyl (C=O) groups excluding carboxylic acids is 1. The lowest BCUT2D eigenvalue weighted by atomic mass is 10.2. The van der Waals surface area contributed by atoms with E-state index >= 15 is 0 Å². The predicted molar refractivity (Wildman–Crippen MR) is 72.8 cm³/mol. The molecular formula is C13H18F2N4O. The Morgan fingerprint density at radius 1 is 1.50 bits per heavy atom. The number of hydrogen-bond acceptors (Lipinski definition) is 4. The van der Waals surface area contributed by atoms with Gasteiger partial charge >= 0.3 is 0 Å². The molecule has 0 aromatic carbocycles. The number of anilines is 2. The van der Waals surface area contributed by atoms with Crippen LogP contribution in [0.4, 0.5) is 20.4 Å². The number of rotatable bonds is 4. The first-order valence-electron chi connectivity index (χ1n) is 6.68. The maximum absolute atomic E-state index is 13.9. The number of nitrogens with zero attached hydrogens (tertiary/aromatic N) is 2. The van der Waals surface area contributed by atoms with Crippen LogP contribution in [-0.2, 0) is 4.79 Å². The van der Waals surface area contributed by atoms with Crippen molar-refractivity contribution in [3.63, 3.8) is 0 Å². The fraction of sp³-hybridized carbons (Fsp3) is 0.538. The average molecular weight is 284 g/mol. The molecule has 1 aromatic rings. The van der Waals surface area contributed by atoms with Crippen LogP contribution in [0, 0.1) is 11.6 Å². The Hall–Kier alpha value is -1.92. The highest BCUT2D eigenvalue weighted by molar-refractivity contribution is 5.85. The lowest BCUT2D eigenvalue weighted by molar-refractivity contribution is -0.122. The van der Waals surface area contributed by atoms with Crippen molar-refractivity contribution in [3.8, 4) is 0 Å². The van der Waals surface area contributed by atoms with Gasteiger partial charge in [-0.15, -0.1) is 0 Å². The molecule has 1 aliphatic rings. The molecule has 0 radical (unpaired) electrons. The summed E-state index contributed by atoms with van der Waals surface area (Å²) in [6.45, 7) is 5.00. The monoisotopic (exact) mass is 284 g/mol. The van der Waals surface area contributed by atoms with E-state index in [1.807, 2.05) is 6.92 Å². The topological polar surface area (TPSA) is 57.3 Å². The van der Waals surface area contributed by atoms with Crippen LogP contribution in [0.25, 0.3) is 0 Å². The number of aromatic nitrogens is 1. The van der Waals surface area contributed by atoms with E-state index in [1.54, 1.807) is 11.8 Å². The molecule has 7 heteroatoms. The first kappa shape index (κ1) is 14.5. The molecule has 20 heavy (non-hydrogen) atoms. The smallest absolute Gasteiger partial charge is 0.242 e. The summed E-state index contributed by atoms with van der Waals surface area (Å²) in [4.78, 5) is 17.2. The summed E-state index contributed by atoms with van der Waals surface area (Å²) >= 11 is 0. The Balaban J connectivity index is 2.32. The summed E-state index contributed by atoms with van der Waals surface area (Å²) in [6, 6.07) is 0.273. The molecule has 1 aliphatic heterocycles. The lowest BCUT2D eigenvalue weighted by Crippen LogP contribution is -2.54. The molecule has 2 N–H and O–H groups in total. The van der Waals surface area contributed by atoms with Crippen molar-refractivity contribution in [2.24, 2.45) is 0 Å². The van der Waals surface area contributed by atoms with Crippen molar-refractivity contribution >= 4 is 17.5 Å². The number of nitrogens with one attached hydrogen (secondary N) is 2. The molecule has 1 unspecified atom stereocenters. The van der Waals surface area contributed by atoms with Gasteiger partial charge in [-0.3, -0.25) is 4.79 Å². The van der Waals surface area contributed by atoms with Gasteiger partial charge in [-0.2, -0.15) is 0 Å². The summed E-state index contributed by atoms with van der Waals surface area (Å²) < 4.78 is 27.6. The van der Waals surface area contributed by atoms with E-state index < -0.39 is 17.7 Å². The molecular weight excluding hydrogens is 266 g/mol. The van der Waals surface area contributed by atoms with Gasteiger partial charge in [0.05, 0.1) is 0 Å². The van der Waals surface area contributed by atoms with Gasteiger partial charge < -0.3 is 15.5 Å². The van der Waals surface area contributed by atoms with Crippen LogP contribution in [0.3, 0.4) is 0 Å². The van der Waals surface area contributed by atoms with Crippen LogP contribution in [-0.4, -0.2) is 36.6 Å². The molecule has 0 aliphatic carbocycles. The van der Waals surface area contributed by atoms with Gasteiger partial charge in [0.2, 0.25) is 5.91 Å². The van der Waals surface area contributed by atoms with Crippen molar-refractivity contribution in [1.29, 1.82) is 0 Å². The van der Waals surface area contributed by atoms with Crippen molar-refractivity contribution in [3.05, 3.63) is 17.7 Å². The highest BCUT2D eigenvalue weighted by Gasteiger charge is 2.29. The third kappa shape index (κ3) is 2.81. The van der Waals surface area contributed by atoms with Crippen molar-refractivity contribution in [2.45, 2.75) is 26.3 Å². The number of pyridine rings is 1. The minimum absolute atomic E-state index is 0.00681. The number of halogens is 2. The Labute approximate surface area is 116 Å². The number of carbonyl (C=O) groups is 1. The van der Waals surface area contributed by atoms with E-state index in [9.17, 15) is 13.6 Å². The van der Waals surface area contributed by atoms with Crippen LogP contribution in [0.15, 0.2) is 6.07 Å². The fourth-order valence-corrected chi connectivity index (χ4v) is 2.10. The molecule has 1 aromatic heterocycles. The Morgan fingerprint density at radius 2 is 2.25 bits per heavy atom. The number of amides is 1. The van der Waals surface area contributed by atoms with Crippen LogP contribution in [0.1, 0.15) is 20.3 Å². The fourth-order valence-electron chi connectivity index (χ4n) is 2.10. The van der Waals surface area contributed by atoms with E-state index in [-0.39, 0.29) is 17.5 Å². The van der Waals surface area contributed by atoms with Crippen LogP contribution >= 0.6 is 0 Å². The number of piperazine rings is 1. The van der Waals surface area contributed by atoms with Gasteiger partial charge in [0, 0.05) is 25.7 Å². The van der Waals surface area contributed by atoms with E-state index in [0.29, 0.717) is 19.6 Å². The first-order valence-corrected chi connectivity index (χ1v) is 6.68. The molecule has 2 heterocycles. The van der Waals surface area contributed by atoms with E-state index in [0.717, 1.165) is 12.5 Å². The van der Waals surface area contributed by atoms with Crippen LogP contribution < -0.4 is 15.5 Å². The molecule has 2 rings (SSSR count). The minimum atomic E-state index is -0.758. The molecule has 5 nitrogen and oxygen atoms in total. The van der Waals surface area contributed by atoms with E-state index in [1.165, 1.54) is 0 Å². The van der Waals surface area contributed by atoms with Gasteiger partial charge in [0.1, 0.15) is 6.04 Å². The van der Waals surface area contributed by atoms with Gasteiger partial charge in [-0.25, -0.2) is 13.8 Å². The van der Waals surface area contributed by atoms with Crippen molar-refractivity contribution in [1.82, 2.24) is 10.3 Å². The normalized spacial score (nSPS) is 18.9. The van der Waals surface area contributed by atoms with Gasteiger partial charge in [0.25, 0.3) is 0 Å². The molecule has 110 valence electrons. The van der Waals surface area contributed by atoms with E-state index in [2.05, 4.69) is 15.6 Å². The zero-order valence-corrected chi connectivity index (χ0v) is 11.5. The predicted octanol–water partition coefficient (Wildman–Crippen LogP) is 1.51. The molecule has 1 atom stereocenters. The van der Waals surface area contributed by atoms with Crippen molar-refractivity contribution in [2.75, 3.05) is 29.9 Å². The number of hydrogen-bond donors (Lipinski definition) is 2. The minimum Gasteiger partial charge on any atom is -0.368 e. The third-order valence-electron chi connectivity index (χ3n) is 3.22. The summed E-state index contributed by atoms with van der Waals surface area (Å²) in [5.74, 6) is -1.65. The Kier molecular flexibility index (Phi) is 4.36. The van der Waals surface area contributed by atoms with Crippen molar-refractivity contribution < 1.29 is 13.6 Å². The van der Waals surface area contributed by atoms with Crippen LogP contribution in [0.5, 0.6) is 0 Å². The van der Waals surface area contributed by atoms with E-state index in [4.69, 9.17) is 0 Å². The second-order valence-corrected chi connectivity index (χ2v) is 4.71. The van der Waals surface area contributed by atoms with Gasteiger partial charge in [-0.1, -0.05) is 6.92 Å². The largest absolute Gasteiger partial charge is 0.368 e. The quantitative estimate of drug-likeness (QED) is 0.880. The van der Waals surface area contributed by atoms with Crippen LogP contribution in [0.2, 0.25) is 0 Å². The Morgan fingerprint density at radius 3 is 2.95 bits per heavy atom. The SMILES string of the molecule is CCCNc1nc(N2CCNC(=O)C2C)c(F)cc1F. The molecule has 1 amide bonds.